The number of pyridine rings is 1. The fourth-order valence-electron chi connectivity index (χ4n) is 2.62. The van der Waals surface area contributed by atoms with Crippen molar-refractivity contribution in [2.75, 3.05) is 13.7 Å². The van der Waals surface area contributed by atoms with E-state index in [0.29, 0.717) is 24.7 Å². The minimum atomic E-state index is -0.0936. The Bertz CT molecular complexity index is 801. The quantitative estimate of drug-likeness (QED) is 0.759. The van der Waals surface area contributed by atoms with Gasteiger partial charge in [-0.2, -0.15) is 0 Å². The molecule has 0 radical (unpaired) electrons. The largest absolute Gasteiger partial charge is 0.494 e. The van der Waals surface area contributed by atoms with Crippen LogP contribution in [0.5, 0.6) is 5.75 Å². The Balaban J connectivity index is 2.03. The van der Waals surface area contributed by atoms with Gasteiger partial charge in [0.05, 0.1) is 6.61 Å². The van der Waals surface area contributed by atoms with Crippen LogP contribution in [-0.4, -0.2) is 29.0 Å². The van der Waals surface area contributed by atoms with Gasteiger partial charge in [-0.1, -0.05) is 17.7 Å². The summed E-state index contributed by atoms with van der Waals surface area (Å²) in [6.45, 7) is 5.07. The number of carbonyl (C=O) groups is 1. The Labute approximate surface area is 152 Å². The van der Waals surface area contributed by atoms with Crippen molar-refractivity contribution in [2.24, 2.45) is 0 Å². The molecular weight excluding hydrogens is 340 g/mol. The van der Waals surface area contributed by atoms with Gasteiger partial charge in [0.1, 0.15) is 5.75 Å². The summed E-state index contributed by atoms with van der Waals surface area (Å²) in [6.07, 6.45) is 0.256. The van der Waals surface area contributed by atoms with Crippen LogP contribution in [0.2, 0.25) is 5.02 Å². The van der Waals surface area contributed by atoms with Gasteiger partial charge in [0, 0.05) is 48.9 Å². The zero-order chi connectivity index (χ0) is 18.4. The van der Waals surface area contributed by atoms with E-state index in [0.717, 1.165) is 17.0 Å². The Hall–Kier alpha value is -2.27. The number of amides is 1. The number of rotatable bonds is 7. The lowest BCUT2D eigenvalue weighted by Gasteiger charge is -2.20. The van der Waals surface area contributed by atoms with Crippen molar-refractivity contribution in [2.45, 2.75) is 33.4 Å². The van der Waals surface area contributed by atoms with Crippen LogP contribution in [-0.2, 0) is 17.9 Å². The highest BCUT2D eigenvalue weighted by Gasteiger charge is 2.13. The van der Waals surface area contributed by atoms with E-state index < -0.39 is 0 Å². The van der Waals surface area contributed by atoms with Gasteiger partial charge < -0.3 is 14.2 Å². The molecule has 1 aromatic carbocycles. The maximum Gasteiger partial charge on any atom is 0.250 e. The fraction of sp³-hybridized carbons (Fsp3) is 0.368. The lowest BCUT2D eigenvalue weighted by atomic mass is 10.2. The summed E-state index contributed by atoms with van der Waals surface area (Å²) in [5, 5.41) is 0.603. The molecule has 0 bridgehead atoms. The smallest absolute Gasteiger partial charge is 0.250 e. The lowest BCUT2D eigenvalue weighted by Crippen LogP contribution is -2.29. The van der Waals surface area contributed by atoms with Gasteiger partial charge in [-0.25, -0.2) is 0 Å². The van der Waals surface area contributed by atoms with Crippen LogP contribution >= 0.6 is 11.6 Å². The van der Waals surface area contributed by atoms with Crippen LogP contribution < -0.4 is 10.3 Å². The van der Waals surface area contributed by atoms with Crippen LogP contribution in [0.3, 0.4) is 0 Å². The third-order valence-corrected chi connectivity index (χ3v) is 4.21. The topological polar surface area (TPSA) is 51.5 Å². The van der Waals surface area contributed by atoms with Crippen molar-refractivity contribution in [3.63, 3.8) is 0 Å². The molecule has 1 heterocycles. The van der Waals surface area contributed by atoms with Crippen molar-refractivity contribution in [1.29, 1.82) is 0 Å². The first kappa shape index (κ1) is 19.1. The van der Waals surface area contributed by atoms with Crippen molar-refractivity contribution in [3.05, 3.63) is 63.0 Å². The lowest BCUT2D eigenvalue weighted by molar-refractivity contribution is -0.130. The molecule has 5 nitrogen and oxygen atoms in total. The molecule has 6 heteroatoms. The van der Waals surface area contributed by atoms with Crippen molar-refractivity contribution >= 4 is 17.5 Å². The number of benzene rings is 1. The minimum absolute atomic E-state index is 0.0439. The molecule has 0 unspecified atom stereocenters. The van der Waals surface area contributed by atoms with Gasteiger partial charge in [0.15, 0.2) is 0 Å². The number of hydrogen-bond acceptors (Lipinski definition) is 3. The first-order chi connectivity index (χ1) is 11.9. The van der Waals surface area contributed by atoms with E-state index in [-0.39, 0.29) is 17.9 Å². The third kappa shape index (κ3) is 5.10. The molecule has 0 atom stereocenters. The molecule has 0 aliphatic carbocycles. The molecule has 2 aromatic rings. The molecule has 0 aliphatic rings. The molecule has 2 rings (SSSR count). The number of aromatic nitrogens is 1. The SMILES string of the molecule is CCOc1ccc(Cl)cc1CN(C)C(=O)CCn1c(C)cccc1=O. The van der Waals surface area contributed by atoms with Crippen LogP contribution in [0.1, 0.15) is 24.6 Å². The molecule has 0 spiro atoms. The molecule has 0 fully saturated rings. The van der Waals surface area contributed by atoms with E-state index in [1.807, 2.05) is 32.0 Å². The fourth-order valence-corrected chi connectivity index (χ4v) is 2.81. The molecule has 0 saturated carbocycles. The molecule has 1 aromatic heterocycles. The van der Waals surface area contributed by atoms with E-state index in [1.165, 1.54) is 6.07 Å². The summed E-state index contributed by atoms with van der Waals surface area (Å²) < 4.78 is 7.20. The number of nitrogens with zero attached hydrogens (tertiary/aromatic N) is 2. The Kier molecular flexibility index (Phi) is 6.65. The Morgan fingerprint density at radius 1 is 1.28 bits per heavy atom. The van der Waals surface area contributed by atoms with Gasteiger partial charge in [-0.05, 0) is 38.1 Å². The van der Waals surface area contributed by atoms with Gasteiger partial charge in [0.2, 0.25) is 5.91 Å². The van der Waals surface area contributed by atoms with E-state index in [4.69, 9.17) is 16.3 Å². The van der Waals surface area contributed by atoms with Crippen LogP contribution in [0, 0.1) is 6.92 Å². The second-order valence-corrected chi connectivity index (χ2v) is 6.28. The number of hydrogen-bond donors (Lipinski definition) is 0. The first-order valence-electron chi connectivity index (χ1n) is 8.24. The summed E-state index contributed by atoms with van der Waals surface area (Å²) in [4.78, 5) is 25.9. The maximum atomic E-state index is 12.4. The second kappa shape index (κ2) is 8.72. The summed E-state index contributed by atoms with van der Waals surface area (Å²) in [5.74, 6) is 0.680. The summed E-state index contributed by atoms with van der Waals surface area (Å²) in [6, 6.07) is 10.5. The molecule has 25 heavy (non-hydrogen) atoms. The van der Waals surface area contributed by atoms with Gasteiger partial charge >= 0.3 is 0 Å². The molecule has 1 amide bonds. The number of ether oxygens (including phenoxy) is 1. The first-order valence-corrected chi connectivity index (χ1v) is 8.61. The highest BCUT2D eigenvalue weighted by Crippen LogP contribution is 2.24. The summed E-state index contributed by atoms with van der Waals surface area (Å²) >= 11 is 6.06. The van der Waals surface area contributed by atoms with E-state index >= 15 is 0 Å². The summed E-state index contributed by atoms with van der Waals surface area (Å²) in [7, 11) is 1.74. The van der Waals surface area contributed by atoms with Gasteiger partial charge in [0.25, 0.3) is 5.56 Å². The predicted molar refractivity (Wildman–Crippen MR) is 99.2 cm³/mol. The molecule has 134 valence electrons. The van der Waals surface area contributed by atoms with E-state index in [2.05, 4.69) is 0 Å². The maximum absolute atomic E-state index is 12.4. The molecule has 0 N–H and O–H groups in total. The zero-order valence-corrected chi connectivity index (χ0v) is 15.5. The standard InChI is InChI=1S/C19H23ClN2O3/c1-4-25-17-9-8-16(20)12-15(17)13-21(3)18(23)10-11-22-14(2)6-5-7-19(22)24/h5-9,12H,4,10-11,13H2,1-3H3. The number of halogens is 1. The molecule has 0 aliphatic heterocycles. The number of carbonyl (C=O) groups excluding carboxylic acids is 1. The predicted octanol–water partition coefficient (Wildman–Crippen LogP) is 3.26. The van der Waals surface area contributed by atoms with Crippen molar-refractivity contribution in [3.8, 4) is 5.75 Å². The second-order valence-electron chi connectivity index (χ2n) is 5.84. The summed E-state index contributed by atoms with van der Waals surface area (Å²) in [5.41, 5.74) is 1.61. The average Bonchev–Trinajstić information content (AvgIpc) is 2.56. The van der Waals surface area contributed by atoms with Crippen LogP contribution in [0.25, 0.3) is 0 Å². The van der Waals surface area contributed by atoms with E-state index in [9.17, 15) is 9.59 Å². The monoisotopic (exact) mass is 362 g/mol. The molecule has 0 saturated heterocycles. The van der Waals surface area contributed by atoms with Crippen molar-refractivity contribution < 1.29 is 9.53 Å². The third-order valence-electron chi connectivity index (χ3n) is 3.97. The normalized spacial score (nSPS) is 10.6. The van der Waals surface area contributed by atoms with Gasteiger partial charge in [-0.15, -0.1) is 0 Å². The number of aryl methyl sites for hydroxylation is 1. The van der Waals surface area contributed by atoms with E-state index in [1.54, 1.807) is 28.6 Å². The Morgan fingerprint density at radius 2 is 2.04 bits per heavy atom. The molecular formula is C19H23ClN2O3. The van der Waals surface area contributed by atoms with Crippen LogP contribution in [0.15, 0.2) is 41.2 Å². The highest BCUT2D eigenvalue weighted by atomic mass is 35.5. The average molecular weight is 363 g/mol. The van der Waals surface area contributed by atoms with Crippen molar-refractivity contribution in [1.82, 2.24) is 9.47 Å². The van der Waals surface area contributed by atoms with Gasteiger partial charge in [-0.3, -0.25) is 9.59 Å². The Morgan fingerprint density at radius 3 is 2.72 bits per heavy atom. The van der Waals surface area contributed by atoms with Crippen LogP contribution in [0.4, 0.5) is 0 Å². The highest BCUT2D eigenvalue weighted by molar-refractivity contribution is 6.30. The minimum Gasteiger partial charge on any atom is -0.494 e. The zero-order valence-electron chi connectivity index (χ0n) is 14.8.